The second kappa shape index (κ2) is 5.49. The van der Waals surface area contributed by atoms with Gasteiger partial charge in [-0.15, -0.1) is 0 Å². The maximum Gasteiger partial charge on any atom is 0.103 e. The van der Waals surface area contributed by atoms with Crippen LogP contribution in [0.15, 0.2) is 30.7 Å². The van der Waals surface area contributed by atoms with Gasteiger partial charge in [-0.1, -0.05) is 11.6 Å². The standard InChI is InChI=1S/C20H23ClN6/c1-13-9-22-2-3-25(13)19-5-18-15(4-17(19)21)10-24-27(18)16-11-23-26(12-16)20-6-14(7-20)8-20/h4-5,10-14,22H,2-3,6-9H2,1H3. The summed E-state index contributed by atoms with van der Waals surface area (Å²) in [6.45, 7) is 5.15. The second-order valence-corrected chi connectivity index (χ2v) is 8.92. The van der Waals surface area contributed by atoms with Gasteiger partial charge in [0.2, 0.25) is 0 Å². The van der Waals surface area contributed by atoms with E-state index in [-0.39, 0.29) is 0 Å². The van der Waals surface area contributed by atoms with E-state index in [0.29, 0.717) is 11.6 Å². The van der Waals surface area contributed by atoms with Crippen molar-refractivity contribution in [2.75, 3.05) is 24.5 Å². The molecule has 1 aliphatic heterocycles. The van der Waals surface area contributed by atoms with E-state index >= 15 is 0 Å². The number of halogens is 1. The van der Waals surface area contributed by atoms with Gasteiger partial charge >= 0.3 is 0 Å². The van der Waals surface area contributed by atoms with Gasteiger partial charge in [-0.3, -0.25) is 4.68 Å². The number of benzene rings is 1. The summed E-state index contributed by atoms with van der Waals surface area (Å²) in [5.41, 5.74) is 3.50. The average molecular weight is 383 g/mol. The van der Waals surface area contributed by atoms with Crippen molar-refractivity contribution in [2.45, 2.75) is 37.8 Å². The zero-order chi connectivity index (χ0) is 18.2. The van der Waals surface area contributed by atoms with E-state index in [4.69, 9.17) is 11.6 Å². The lowest BCUT2D eigenvalue weighted by molar-refractivity contribution is -0.0977. The molecule has 7 rings (SSSR count). The number of nitrogens with one attached hydrogen (secondary N) is 1. The van der Waals surface area contributed by atoms with Gasteiger partial charge < -0.3 is 10.2 Å². The molecule has 1 N–H and O–H groups in total. The molecule has 7 heteroatoms. The van der Waals surface area contributed by atoms with E-state index in [1.54, 1.807) is 0 Å². The number of anilines is 1. The lowest BCUT2D eigenvalue weighted by Crippen LogP contribution is -2.59. The van der Waals surface area contributed by atoms with Gasteiger partial charge in [0.05, 0.1) is 40.4 Å². The topological polar surface area (TPSA) is 50.9 Å². The van der Waals surface area contributed by atoms with Crippen molar-refractivity contribution in [1.29, 1.82) is 0 Å². The molecule has 4 fully saturated rings. The van der Waals surface area contributed by atoms with Crippen LogP contribution in [0.5, 0.6) is 0 Å². The van der Waals surface area contributed by atoms with Crippen LogP contribution in [-0.4, -0.2) is 45.2 Å². The van der Waals surface area contributed by atoms with E-state index in [1.165, 1.54) is 19.3 Å². The van der Waals surface area contributed by atoms with E-state index < -0.39 is 0 Å². The first kappa shape index (κ1) is 16.0. The van der Waals surface area contributed by atoms with Crippen LogP contribution in [0.2, 0.25) is 5.02 Å². The fourth-order valence-corrected chi connectivity index (χ4v) is 5.34. The molecule has 3 aliphatic carbocycles. The molecule has 27 heavy (non-hydrogen) atoms. The quantitative estimate of drug-likeness (QED) is 0.755. The molecule has 3 saturated carbocycles. The normalized spacial score (nSPS) is 29.6. The summed E-state index contributed by atoms with van der Waals surface area (Å²) in [5.74, 6) is 0.939. The van der Waals surface area contributed by atoms with Gasteiger partial charge in [0.25, 0.3) is 0 Å². The highest BCUT2D eigenvalue weighted by Gasteiger charge is 2.58. The number of hydrogen-bond acceptors (Lipinski definition) is 4. The van der Waals surface area contributed by atoms with Crippen LogP contribution in [0.4, 0.5) is 5.69 Å². The first-order valence-electron chi connectivity index (χ1n) is 9.83. The zero-order valence-corrected chi connectivity index (χ0v) is 16.2. The van der Waals surface area contributed by atoms with Crippen LogP contribution in [0.3, 0.4) is 0 Å². The Morgan fingerprint density at radius 1 is 1.19 bits per heavy atom. The minimum Gasteiger partial charge on any atom is -0.365 e. The van der Waals surface area contributed by atoms with Crippen molar-refractivity contribution in [2.24, 2.45) is 5.92 Å². The Morgan fingerprint density at radius 3 is 2.78 bits per heavy atom. The van der Waals surface area contributed by atoms with Crippen molar-refractivity contribution < 1.29 is 0 Å². The highest BCUT2D eigenvalue weighted by atomic mass is 35.5. The molecule has 0 amide bonds. The summed E-state index contributed by atoms with van der Waals surface area (Å²) in [6, 6.07) is 4.64. The van der Waals surface area contributed by atoms with Crippen molar-refractivity contribution in [3.05, 3.63) is 35.7 Å². The Bertz CT molecular complexity index is 1020. The number of hydrogen-bond donors (Lipinski definition) is 1. The van der Waals surface area contributed by atoms with E-state index in [9.17, 15) is 0 Å². The maximum absolute atomic E-state index is 6.64. The fourth-order valence-electron chi connectivity index (χ4n) is 5.06. The van der Waals surface area contributed by atoms with Gasteiger partial charge in [0, 0.05) is 31.1 Å². The molecule has 0 radical (unpaired) electrons. The van der Waals surface area contributed by atoms with Crippen LogP contribution in [-0.2, 0) is 5.54 Å². The summed E-state index contributed by atoms with van der Waals surface area (Å²) < 4.78 is 4.17. The zero-order valence-electron chi connectivity index (χ0n) is 15.4. The highest BCUT2D eigenvalue weighted by molar-refractivity contribution is 6.34. The molecule has 1 saturated heterocycles. The first-order chi connectivity index (χ1) is 13.1. The molecule has 6 nitrogen and oxygen atoms in total. The van der Waals surface area contributed by atoms with Gasteiger partial charge in [0.15, 0.2) is 0 Å². The Hall–Kier alpha value is -2.05. The van der Waals surface area contributed by atoms with Crippen LogP contribution in [0.1, 0.15) is 26.2 Å². The van der Waals surface area contributed by atoms with Gasteiger partial charge in [-0.05, 0) is 44.2 Å². The third-order valence-electron chi connectivity index (χ3n) is 6.75. The largest absolute Gasteiger partial charge is 0.365 e. The van der Waals surface area contributed by atoms with Crippen LogP contribution in [0.25, 0.3) is 16.6 Å². The predicted molar refractivity (Wildman–Crippen MR) is 107 cm³/mol. The van der Waals surface area contributed by atoms with Crippen molar-refractivity contribution >= 4 is 28.2 Å². The molecule has 3 heterocycles. The SMILES string of the molecule is CC1CNCCN1c1cc2c(cnn2-c2cnn(C34CC(C3)C4)c2)cc1Cl. The van der Waals surface area contributed by atoms with Crippen molar-refractivity contribution in [1.82, 2.24) is 24.9 Å². The molecule has 2 bridgehead atoms. The summed E-state index contributed by atoms with van der Waals surface area (Å²) in [5, 5.41) is 14.6. The first-order valence-corrected chi connectivity index (χ1v) is 10.2. The summed E-state index contributed by atoms with van der Waals surface area (Å²) in [7, 11) is 0. The molecule has 1 atom stereocenters. The van der Waals surface area contributed by atoms with E-state index in [2.05, 4.69) is 44.3 Å². The molecular weight excluding hydrogens is 360 g/mol. The van der Waals surface area contributed by atoms with Gasteiger partial charge in [-0.25, -0.2) is 4.68 Å². The van der Waals surface area contributed by atoms with Crippen LogP contribution in [0, 0.1) is 5.92 Å². The summed E-state index contributed by atoms with van der Waals surface area (Å²) in [4.78, 5) is 2.39. The summed E-state index contributed by atoms with van der Waals surface area (Å²) >= 11 is 6.64. The molecule has 140 valence electrons. The monoisotopic (exact) mass is 382 g/mol. The highest BCUT2D eigenvalue weighted by Crippen LogP contribution is 2.62. The predicted octanol–water partition coefficient (Wildman–Crippen LogP) is 3.18. The lowest BCUT2D eigenvalue weighted by Gasteiger charge is -2.61. The molecule has 4 aliphatic rings. The van der Waals surface area contributed by atoms with Crippen molar-refractivity contribution in [3.63, 3.8) is 0 Å². The Labute approximate surface area is 163 Å². The number of fused-ring (bicyclic) bond motifs is 1. The molecule has 1 aromatic carbocycles. The Morgan fingerprint density at radius 2 is 2.04 bits per heavy atom. The number of rotatable bonds is 3. The summed E-state index contributed by atoms with van der Waals surface area (Å²) in [6.07, 6.45) is 9.85. The minimum atomic E-state index is 0.302. The third kappa shape index (κ3) is 2.23. The van der Waals surface area contributed by atoms with Crippen LogP contribution < -0.4 is 10.2 Å². The number of nitrogens with zero attached hydrogens (tertiary/aromatic N) is 5. The molecule has 3 aromatic rings. The fraction of sp³-hybridized carbons (Fsp3) is 0.500. The molecular formula is C20H23ClN6. The number of piperazine rings is 1. The molecule has 0 spiro atoms. The Balaban J connectivity index is 1.42. The third-order valence-corrected chi connectivity index (χ3v) is 7.06. The van der Waals surface area contributed by atoms with E-state index in [1.807, 2.05) is 23.1 Å². The van der Waals surface area contributed by atoms with Gasteiger partial charge in [0.1, 0.15) is 5.69 Å². The average Bonchev–Trinajstić information content (AvgIpc) is 3.19. The Kier molecular flexibility index (Phi) is 3.24. The molecule has 1 unspecified atom stereocenters. The lowest BCUT2D eigenvalue weighted by atomic mass is 9.50. The molecule has 2 aromatic heterocycles. The number of aromatic nitrogens is 4. The second-order valence-electron chi connectivity index (χ2n) is 8.51. The van der Waals surface area contributed by atoms with Gasteiger partial charge in [-0.2, -0.15) is 10.2 Å². The maximum atomic E-state index is 6.64. The van der Waals surface area contributed by atoms with Crippen molar-refractivity contribution in [3.8, 4) is 5.69 Å². The van der Waals surface area contributed by atoms with E-state index in [0.717, 1.165) is 52.9 Å². The minimum absolute atomic E-state index is 0.302. The smallest absolute Gasteiger partial charge is 0.103 e. The van der Waals surface area contributed by atoms with Crippen LogP contribution >= 0.6 is 11.6 Å².